The van der Waals surface area contributed by atoms with E-state index in [4.69, 9.17) is 0 Å². The molecule has 0 aromatic rings. The zero-order valence-electron chi connectivity index (χ0n) is 7.72. The SMILES string of the molecule is CC(=O)O[Si](C(F)(F)F)(C(F)(F)F)C(F)(F)F. The van der Waals surface area contributed by atoms with E-state index in [1.165, 1.54) is 0 Å². The van der Waals surface area contributed by atoms with E-state index in [0.29, 0.717) is 0 Å². The normalized spacial score (nSPS) is 14.7. The number of rotatable bonds is 1. The van der Waals surface area contributed by atoms with Crippen molar-refractivity contribution in [1.82, 2.24) is 0 Å². The molecule has 0 aromatic heterocycles. The van der Waals surface area contributed by atoms with Crippen molar-refractivity contribution in [2.75, 3.05) is 0 Å². The van der Waals surface area contributed by atoms with E-state index < -0.39 is 31.7 Å². The summed E-state index contributed by atoms with van der Waals surface area (Å²) >= 11 is 0. The van der Waals surface area contributed by atoms with Crippen LogP contribution in [0.4, 0.5) is 39.5 Å². The summed E-state index contributed by atoms with van der Waals surface area (Å²) in [5.74, 6) is -22.5. The summed E-state index contributed by atoms with van der Waals surface area (Å²) in [6.45, 7) is 0.0327. The maximum absolute atomic E-state index is 12.1. The molecule has 0 saturated heterocycles. The molecule has 0 aliphatic rings. The molecule has 0 saturated carbocycles. The van der Waals surface area contributed by atoms with Crippen LogP contribution < -0.4 is 0 Å². The van der Waals surface area contributed by atoms with Gasteiger partial charge in [0.1, 0.15) is 0 Å². The van der Waals surface area contributed by atoms with Gasteiger partial charge in [-0.15, -0.1) is 0 Å². The Hall–Kier alpha value is -0.943. The van der Waals surface area contributed by atoms with Crippen molar-refractivity contribution >= 4 is 14.3 Å². The fraction of sp³-hybridized carbons (Fsp3) is 0.800. The number of alkyl halides is 9. The summed E-state index contributed by atoms with van der Waals surface area (Å²) < 4.78 is 111. The van der Waals surface area contributed by atoms with E-state index in [2.05, 4.69) is 4.43 Å². The molecule has 0 N–H and O–H groups in total. The Labute approximate surface area is 88.5 Å². The Balaban J connectivity index is 6.02. The molecule has 0 unspecified atom stereocenters. The van der Waals surface area contributed by atoms with Gasteiger partial charge in [0.15, 0.2) is 0 Å². The molecule has 17 heavy (non-hydrogen) atoms. The summed E-state index contributed by atoms with van der Waals surface area (Å²) in [6.07, 6.45) is 0. The molecule has 0 rings (SSSR count). The minimum absolute atomic E-state index is 0.0327. The van der Waals surface area contributed by atoms with Crippen molar-refractivity contribution in [2.45, 2.75) is 24.3 Å². The molecule has 0 heterocycles. The van der Waals surface area contributed by atoms with Gasteiger partial charge in [0.05, 0.1) is 0 Å². The smallest absolute Gasteiger partial charge is 0.497 e. The molecule has 0 amide bonds. The topological polar surface area (TPSA) is 26.3 Å². The van der Waals surface area contributed by atoms with Gasteiger partial charge < -0.3 is 4.43 Å². The lowest BCUT2D eigenvalue weighted by molar-refractivity contribution is -0.195. The van der Waals surface area contributed by atoms with Gasteiger partial charge in [0, 0.05) is 6.92 Å². The number of halogens is 9. The highest BCUT2D eigenvalue weighted by Crippen LogP contribution is 2.50. The van der Waals surface area contributed by atoms with E-state index in [-0.39, 0.29) is 6.92 Å². The second-order valence-corrected chi connectivity index (χ2v) is 6.04. The third-order valence-corrected chi connectivity index (χ3v) is 4.48. The van der Waals surface area contributed by atoms with E-state index in [1.54, 1.807) is 0 Å². The highest BCUT2D eigenvalue weighted by molar-refractivity contribution is 6.80. The lowest BCUT2D eigenvalue weighted by atomic mass is 10.9. The molecule has 102 valence electrons. The molecule has 2 nitrogen and oxygen atoms in total. The van der Waals surface area contributed by atoms with Gasteiger partial charge >= 0.3 is 25.7 Å². The van der Waals surface area contributed by atoms with E-state index in [9.17, 15) is 44.3 Å². The van der Waals surface area contributed by atoms with E-state index >= 15 is 0 Å². The van der Waals surface area contributed by atoms with Crippen molar-refractivity contribution in [2.24, 2.45) is 0 Å². The average molecular weight is 294 g/mol. The van der Waals surface area contributed by atoms with Crippen LogP contribution in [0.15, 0.2) is 0 Å². The zero-order chi connectivity index (χ0) is 14.3. The molecule has 0 aromatic carbocycles. The van der Waals surface area contributed by atoms with Crippen LogP contribution in [0.5, 0.6) is 0 Å². The first-order valence-electron chi connectivity index (χ1n) is 3.56. The largest absolute Gasteiger partial charge is 0.599 e. The van der Waals surface area contributed by atoms with Crippen molar-refractivity contribution in [1.29, 1.82) is 0 Å². The standard InChI is InChI=1S/C5H3F9O2Si/c1-2(15)16-17(3(6,7)8,4(9,10)11)5(12,13)14/h1H3. The fourth-order valence-corrected chi connectivity index (χ4v) is 2.61. The van der Waals surface area contributed by atoms with Gasteiger partial charge in [-0.25, -0.2) is 0 Å². The molecular weight excluding hydrogens is 291 g/mol. The second kappa shape index (κ2) is 4.06. The quantitative estimate of drug-likeness (QED) is 0.549. The summed E-state index contributed by atoms with van der Waals surface area (Å²) in [5, 5.41) is 0. The molecule has 0 spiro atoms. The lowest BCUT2D eigenvalue weighted by Crippen LogP contribution is -2.74. The highest BCUT2D eigenvalue weighted by Gasteiger charge is 2.92. The Kier molecular flexibility index (Phi) is 3.84. The minimum atomic E-state index is -8.31. The highest BCUT2D eigenvalue weighted by atomic mass is 28.4. The summed E-state index contributed by atoms with van der Waals surface area (Å²) in [5.41, 5.74) is 0. The van der Waals surface area contributed by atoms with E-state index in [1.807, 2.05) is 0 Å². The Morgan fingerprint density at radius 3 is 1.12 bits per heavy atom. The van der Waals surface area contributed by atoms with Crippen LogP contribution >= 0.6 is 0 Å². The first kappa shape index (κ1) is 16.1. The predicted octanol–water partition coefficient (Wildman–Crippen LogP) is 2.80. The average Bonchev–Trinajstić information content (AvgIpc) is 1.91. The number of carbonyl (C=O) groups excluding carboxylic acids is 1. The van der Waals surface area contributed by atoms with Gasteiger partial charge in [-0.2, -0.15) is 39.5 Å². The number of hydrogen-bond acceptors (Lipinski definition) is 2. The van der Waals surface area contributed by atoms with Crippen LogP contribution in [0.25, 0.3) is 0 Å². The van der Waals surface area contributed by atoms with Crippen LogP contribution in [0.3, 0.4) is 0 Å². The number of hydrogen-bond donors (Lipinski definition) is 0. The molecule has 0 bridgehead atoms. The Morgan fingerprint density at radius 1 is 0.824 bits per heavy atom. The van der Waals surface area contributed by atoms with Crippen molar-refractivity contribution in [3.63, 3.8) is 0 Å². The van der Waals surface area contributed by atoms with Crippen LogP contribution in [0, 0.1) is 0 Å². The van der Waals surface area contributed by atoms with Gasteiger partial charge in [-0.3, -0.25) is 4.79 Å². The fourth-order valence-electron chi connectivity index (χ4n) is 0.871. The van der Waals surface area contributed by atoms with Crippen LogP contribution in [0.1, 0.15) is 6.92 Å². The second-order valence-electron chi connectivity index (χ2n) is 2.77. The third-order valence-electron chi connectivity index (χ3n) is 1.49. The minimum Gasteiger partial charge on any atom is -0.497 e. The molecule has 0 atom stereocenters. The molecule has 12 heteroatoms. The monoisotopic (exact) mass is 294 g/mol. The number of carbonyl (C=O) groups is 1. The molecule has 0 fully saturated rings. The van der Waals surface area contributed by atoms with E-state index in [0.717, 1.165) is 0 Å². The predicted molar refractivity (Wildman–Crippen MR) is 35.7 cm³/mol. The first-order chi connectivity index (χ1) is 7.17. The summed E-state index contributed by atoms with van der Waals surface area (Å²) in [6, 6.07) is 0. The lowest BCUT2D eigenvalue weighted by Gasteiger charge is -2.34. The summed E-state index contributed by atoms with van der Waals surface area (Å²) in [7, 11) is -8.31. The zero-order valence-corrected chi connectivity index (χ0v) is 8.72. The maximum atomic E-state index is 12.1. The van der Waals surface area contributed by atoms with Crippen LogP contribution in [-0.4, -0.2) is 31.7 Å². The van der Waals surface area contributed by atoms with Crippen molar-refractivity contribution in [3.05, 3.63) is 0 Å². The van der Waals surface area contributed by atoms with Gasteiger partial charge in [0.25, 0.3) is 5.97 Å². The molecule has 0 aliphatic heterocycles. The maximum Gasteiger partial charge on any atom is 0.599 e. The first-order valence-corrected chi connectivity index (χ1v) is 5.47. The Bertz CT molecular complexity index is 264. The summed E-state index contributed by atoms with van der Waals surface area (Å²) in [4.78, 5) is 10.1. The van der Waals surface area contributed by atoms with Gasteiger partial charge in [0.2, 0.25) is 0 Å². The van der Waals surface area contributed by atoms with Crippen molar-refractivity contribution in [3.8, 4) is 0 Å². The molecule has 0 radical (unpaired) electrons. The third kappa shape index (κ3) is 2.66. The van der Waals surface area contributed by atoms with Gasteiger partial charge in [-0.05, 0) is 0 Å². The van der Waals surface area contributed by atoms with Crippen LogP contribution in [-0.2, 0) is 9.22 Å². The van der Waals surface area contributed by atoms with Crippen molar-refractivity contribution < 1.29 is 48.7 Å². The molecule has 0 aliphatic carbocycles. The van der Waals surface area contributed by atoms with Gasteiger partial charge in [-0.1, -0.05) is 0 Å². The molecular formula is C5H3F9O2Si. The Morgan fingerprint density at radius 2 is 1.06 bits per heavy atom. The van der Waals surface area contributed by atoms with Crippen LogP contribution in [0.2, 0.25) is 0 Å².